The number of halogens is 1. The third kappa shape index (κ3) is 4.42. The van der Waals surface area contributed by atoms with Gasteiger partial charge >= 0.3 is 0 Å². The highest BCUT2D eigenvalue weighted by molar-refractivity contribution is 7.91. The largest absolute Gasteiger partial charge is 0.506 e. The molecule has 0 aliphatic rings. The van der Waals surface area contributed by atoms with Crippen LogP contribution in [0.1, 0.15) is 12.5 Å². The van der Waals surface area contributed by atoms with Gasteiger partial charge in [-0.05, 0) is 42.0 Å². The molecule has 0 aliphatic carbocycles. The molecule has 2 aromatic rings. The van der Waals surface area contributed by atoms with Crippen LogP contribution in [0, 0.1) is 5.82 Å². The number of carbonyl (C=O) groups is 1. The predicted octanol–water partition coefficient (Wildman–Crippen LogP) is 2.98. The maximum Gasteiger partial charge on any atom is 0.248 e. The molecule has 2 rings (SSSR count). The summed E-state index contributed by atoms with van der Waals surface area (Å²) in [6.07, 6.45) is 2.57. The summed E-state index contributed by atoms with van der Waals surface area (Å²) in [5.41, 5.74) is 0.482. The van der Waals surface area contributed by atoms with E-state index in [1.807, 2.05) is 0 Å². The molecule has 0 unspecified atom stereocenters. The highest BCUT2D eigenvalue weighted by Gasteiger charge is 2.14. The van der Waals surface area contributed by atoms with E-state index in [4.69, 9.17) is 0 Å². The van der Waals surface area contributed by atoms with Crippen LogP contribution >= 0.6 is 0 Å². The van der Waals surface area contributed by atoms with Crippen LogP contribution in [0.4, 0.5) is 10.1 Å². The van der Waals surface area contributed by atoms with Crippen molar-refractivity contribution in [2.75, 3.05) is 11.1 Å². The molecule has 0 saturated carbocycles. The summed E-state index contributed by atoms with van der Waals surface area (Å²) in [5, 5.41) is 12.2. The molecule has 7 heteroatoms. The second-order valence-electron chi connectivity index (χ2n) is 4.96. The standard InChI is InChI=1S/C17H16FNO4S/c1-2-24(22,23)14-7-8-16(20)15(11-14)19-17(21)9-6-12-4-3-5-13(18)10-12/h3-11,20H,2H2,1H3,(H,19,21)/b9-6+. The first-order valence-corrected chi connectivity index (χ1v) is 8.77. The van der Waals surface area contributed by atoms with Crippen LogP contribution < -0.4 is 5.32 Å². The number of anilines is 1. The van der Waals surface area contributed by atoms with Gasteiger partial charge in [0.1, 0.15) is 11.6 Å². The molecular formula is C17H16FNO4S. The summed E-state index contributed by atoms with van der Waals surface area (Å²) < 4.78 is 36.8. The molecule has 126 valence electrons. The molecular weight excluding hydrogens is 333 g/mol. The number of amides is 1. The summed E-state index contributed by atoms with van der Waals surface area (Å²) >= 11 is 0. The molecule has 0 aliphatic heterocycles. The van der Waals surface area contributed by atoms with Crippen molar-refractivity contribution in [1.29, 1.82) is 0 Å². The molecule has 0 atom stereocenters. The Kier molecular flexibility index (Phi) is 5.35. The van der Waals surface area contributed by atoms with E-state index in [2.05, 4.69) is 5.32 Å². The fraction of sp³-hybridized carbons (Fsp3) is 0.118. The average Bonchev–Trinajstić information content (AvgIpc) is 2.55. The lowest BCUT2D eigenvalue weighted by atomic mass is 10.2. The monoisotopic (exact) mass is 349 g/mol. The van der Waals surface area contributed by atoms with E-state index in [9.17, 15) is 22.7 Å². The van der Waals surface area contributed by atoms with Crippen molar-refractivity contribution in [2.45, 2.75) is 11.8 Å². The first kappa shape index (κ1) is 17.7. The minimum absolute atomic E-state index is 0.00668. The zero-order valence-electron chi connectivity index (χ0n) is 12.9. The Morgan fingerprint density at radius 3 is 2.67 bits per heavy atom. The van der Waals surface area contributed by atoms with Crippen LogP contribution in [0.15, 0.2) is 53.4 Å². The van der Waals surface area contributed by atoms with Crippen molar-refractivity contribution >= 4 is 27.5 Å². The SMILES string of the molecule is CCS(=O)(=O)c1ccc(O)c(NC(=O)/C=C/c2cccc(F)c2)c1. The molecule has 0 spiro atoms. The van der Waals surface area contributed by atoms with Gasteiger partial charge in [-0.25, -0.2) is 12.8 Å². The molecule has 0 radical (unpaired) electrons. The minimum atomic E-state index is -3.46. The number of benzene rings is 2. The Labute approximate surface area is 139 Å². The van der Waals surface area contributed by atoms with Gasteiger partial charge in [0.2, 0.25) is 5.91 Å². The van der Waals surface area contributed by atoms with Gasteiger partial charge < -0.3 is 10.4 Å². The van der Waals surface area contributed by atoms with Crippen molar-refractivity contribution in [3.63, 3.8) is 0 Å². The van der Waals surface area contributed by atoms with E-state index in [-0.39, 0.29) is 22.1 Å². The van der Waals surface area contributed by atoms with Crippen molar-refractivity contribution < 1.29 is 22.7 Å². The van der Waals surface area contributed by atoms with Gasteiger partial charge in [-0.2, -0.15) is 0 Å². The Balaban J connectivity index is 2.18. The number of phenolic OH excluding ortho intramolecular Hbond substituents is 1. The fourth-order valence-corrected chi connectivity index (χ4v) is 2.84. The molecule has 0 aromatic heterocycles. The number of aromatic hydroxyl groups is 1. The number of sulfone groups is 1. The van der Waals surface area contributed by atoms with Gasteiger partial charge in [0.05, 0.1) is 16.3 Å². The molecule has 1 amide bonds. The lowest BCUT2D eigenvalue weighted by Gasteiger charge is -2.08. The number of hydrogen-bond acceptors (Lipinski definition) is 4. The highest BCUT2D eigenvalue weighted by atomic mass is 32.2. The van der Waals surface area contributed by atoms with E-state index in [0.29, 0.717) is 5.56 Å². The van der Waals surface area contributed by atoms with E-state index in [0.717, 1.165) is 6.08 Å². The van der Waals surface area contributed by atoms with Crippen LogP contribution in [-0.4, -0.2) is 25.2 Å². The summed E-state index contributed by atoms with van der Waals surface area (Å²) in [4.78, 5) is 11.9. The van der Waals surface area contributed by atoms with Crippen LogP contribution in [0.25, 0.3) is 6.08 Å². The number of phenols is 1. The zero-order chi connectivity index (χ0) is 17.7. The van der Waals surface area contributed by atoms with Gasteiger partial charge in [-0.1, -0.05) is 19.1 Å². The van der Waals surface area contributed by atoms with Crippen molar-refractivity contribution in [3.05, 3.63) is 59.9 Å². The van der Waals surface area contributed by atoms with Gasteiger partial charge in [-0.3, -0.25) is 4.79 Å². The third-order valence-electron chi connectivity index (χ3n) is 3.24. The summed E-state index contributed by atoms with van der Waals surface area (Å²) in [7, 11) is -3.46. The zero-order valence-corrected chi connectivity index (χ0v) is 13.7. The van der Waals surface area contributed by atoms with Gasteiger partial charge in [0, 0.05) is 6.08 Å². The second-order valence-corrected chi connectivity index (χ2v) is 7.24. The lowest BCUT2D eigenvalue weighted by Crippen LogP contribution is -2.10. The summed E-state index contributed by atoms with van der Waals surface area (Å²) in [6, 6.07) is 9.35. The lowest BCUT2D eigenvalue weighted by molar-refractivity contribution is -0.111. The van der Waals surface area contributed by atoms with E-state index in [1.165, 1.54) is 49.4 Å². The predicted molar refractivity (Wildman–Crippen MR) is 89.9 cm³/mol. The van der Waals surface area contributed by atoms with Gasteiger partial charge in [-0.15, -0.1) is 0 Å². The Bertz CT molecular complexity index is 891. The first-order chi connectivity index (χ1) is 11.3. The molecule has 24 heavy (non-hydrogen) atoms. The highest BCUT2D eigenvalue weighted by Crippen LogP contribution is 2.27. The topological polar surface area (TPSA) is 83.5 Å². The Hall–Kier alpha value is -2.67. The number of nitrogens with one attached hydrogen (secondary N) is 1. The molecule has 2 N–H and O–H groups in total. The van der Waals surface area contributed by atoms with E-state index < -0.39 is 21.6 Å². The summed E-state index contributed by atoms with van der Waals surface area (Å²) in [5.74, 6) is -1.35. The minimum Gasteiger partial charge on any atom is -0.506 e. The van der Waals surface area contributed by atoms with Crippen LogP contribution in [0.3, 0.4) is 0 Å². The van der Waals surface area contributed by atoms with Gasteiger partial charge in [0.25, 0.3) is 0 Å². The number of rotatable bonds is 5. The molecule has 0 heterocycles. The normalized spacial score (nSPS) is 11.6. The van der Waals surface area contributed by atoms with Crippen molar-refractivity contribution in [1.82, 2.24) is 0 Å². The summed E-state index contributed by atoms with van der Waals surface area (Å²) in [6.45, 7) is 1.50. The Morgan fingerprint density at radius 1 is 1.25 bits per heavy atom. The van der Waals surface area contributed by atoms with Crippen molar-refractivity contribution in [3.8, 4) is 5.75 Å². The second kappa shape index (κ2) is 7.27. The molecule has 2 aromatic carbocycles. The van der Waals surface area contributed by atoms with E-state index >= 15 is 0 Å². The number of carbonyl (C=O) groups excluding carboxylic acids is 1. The Morgan fingerprint density at radius 2 is 2.00 bits per heavy atom. The maximum atomic E-state index is 13.1. The van der Waals surface area contributed by atoms with Crippen molar-refractivity contribution in [2.24, 2.45) is 0 Å². The molecule has 0 fully saturated rings. The van der Waals surface area contributed by atoms with Gasteiger partial charge in [0.15, 0.2) is 9.84 Å². The fourth-order valence-electron chi connectivity index (χ4n) is 1.93. The van der Waals surface area contributed by atoms with E-state index in [1.54, 1.807) is 6.07 Å². The molecule has 0 bridgehead atoms. The third-order valence-corrected chi connectivity index (χ3v) is 4.97. The molecule has 0 saturated heterocycles. The maximum absolute atomic E-state index is 13.1. The quantitative estimate of drug-likeness (QED) is 0.642. The average molecular weight is 349 g/mol. The molecule has 5 nitrogen and oxygen atoms in total. The first-order valence-electron chi connectivity index (χ1n) is 7.12. The van der Waals surface area contributed by atoms with Crippen LogP contribution in [0.2, 0.25) is 0 Å². The number of hydrogen-bond donors (Lipinski definition) is 2. The smallest absolute Gasteiger partial charge is 0.248 e. The van der Waals surface area contributed by atoms with Crippen LogP contribution in [-0.2, 0) is 14.6 Å². The van der Waals surface area contributed by atoms with Crippen LogP contribution in [0.5, 0.6) is 5.75 Å².